The highest BCUT2D eigenvalue weighted by atomic mass is 32.2. The van der Waals surface area contributed by atoms with Gasteiger partial charge in [-0.2, -0.15) is 8.42 Å². The molecule has 0 N–H and O–H groups in total. The maximum atomic E-state index is 10.7. The molecule has 1 aliphatic heterocycles. The second kappa shape index (κ2) is 5.73. The molecule has 11 heteroatoms. The first kappa shape index (κ1) is 14.7. The van der Waals surface area contributed by atoms with Crippen molar-refractivity contribution in [1.82, 2.24) is 9.55 Å². The molecule has 1 aromatic rings. The summed E-state index contributed by atoms with van der Waals surface area (Å²) in [4.78, 5) is 13.7. The average molecular weight is 307 g/mol. The average Bonchev–Trinajstić information content (AvgIpc) is 2.76. The van der Waals surface area contributed by atoms with Crippen LogP contribution in [0.5, 0.6) is 6.01 Å². The molecule has 0 aromatic carbocycles. The van der Waals surface area contributed by atoms with Gasteiger partial charge in [-0.25, -0.2) is 0 Å². The van der Waals surface area contributed by atoms with Crippen LogP contribution >= 0.6 is 0 Å². The van der Waals surface area contributed by atoms with Gasteiger partial charge in [0.25, 0.3) is 10.1 Å². The van der Waals surface area contributed by atoms with E-state index in [9.17, 15) is 18.5 Å². The van der Waals surface area contributed by atoms with Crippen molar-refractivity contribution in [2.45, 2.75) is 12.6 Å². The molecular weight excluding hydrogens is 294 g/mol. The first-order valence-electron chi connectivity index (χ1n) is 5.65. The number of nitro groups is 1. The highest BCUT2D eigenvalue weighted by Crippen LogP contribution is 2.22. The molecule has 2 rings (SSSR count). The maximum absolute atomic E-state index is 10.7. The Morgan fingerprint density at radius 3 is 3.00 bits per heavy atom. The summed E-state index contributed by atoms with van der Waals surface area (Å²) < 4.78 is 38.1. The number of fused-ring (bicyclic) bond motifs is 1. The molecule has 1 atom stereocenters. The lowest BCUT2D eigenvalue weighted by molar-refractivity contribution is -0.389. The van der Waals surface area contributed by atoms with Gasteiger partial charge in [0.2, 0.25) is 0 Å². The maximum Gasteiger partial charge on any atom is 0.414 e. The molecule has 1 aliphatic rings. The van der Waals surface area contributed by atoms with E-state index in [1.807, 2.05) is 0 Å². The van der Waals surface area contributed by atoms with Crippen molar-refractivity contribution in [1.29, 1.82) is 0 Å². The van der Waals surface area contributed by atoms with Crippen LogP contribution in [0.15, 0.2) is 6.20 Å². The fourth-order valence-electron chi connectivity index (χ4n) is 1.66. The van der Waals surface area contributed by atoms with Crippen LogP contribution in [0.3, 0.4) is 0 Å². The number of nitrogens with zero attached hydrogens (tertiary/aromatic N) is 3. The van der Waals surface area contributed by atoms with E-state index in [0.29, 0.717) is 6.54 Å². The third kappa shape index (κ3) is 3.88. The van der Waals surface area contributed by atoms with E-state index >= 15 is 0 Å². The predicted octanol–water partition coefficient (Wildman–Crippen LogP) is -0.455. The molecule has 0 amide bonds. The smallest absolute Gasteiger partial charge is 0.414 e. The molecule has 2 heterocycles. The van der Waals surface area contributed by atoms with Gasteiger partial charge in [0.1, 0.15) is 18.9 Å². The van der Waals surface area contributed by atoms with E-state index in [2.05, 4.69) is 9.17 Å². The monoisotopic (exact) mass is 307 g/mol. The van der Waals surface area contributed by atoms with E-state index in [0.717, 1.165) is 6.26 Å². The molecule has 1 aromatic heterocycles. The van der Waals surface area contributed by atoms with Crippen molar-refractivity contribution >= 4 is 15.9 Å². The summed E-state index contributed by atoms with van der Waals surface area (Å²) in [5.74, 6) is -0.291. The largest absolute Gasteiger partial charge is 0.443 e. The van der Waals surface area contributed by atoms with Crippen molar-refractivity contribution in [3.8, 4) is 6.01 Å². The summed E-state index contributed by atoms with van der Waals surface area (Å²) in [7, 11) is -3.48. The highest BCUT2D eigenvalue weighted by molar-refractivity contribution is 7.85. The quantitative estimate of drug-likeness (QED) is 0.299. The molecule has 0 fully saturated rings. The molecule has 0 saturated carbocycles. The van der Waals surface area contributed by atoms with E-state index in [-0.39, 0.29) is 37.8 Å². The van der Waals surface area contributed by atoms with Gasteiger partial charge >= 0.3 is 11.8 Å². The van der Waals surface area contributed by atoms with Crippen LogP contribution in [0, 0.1) is 10.1 Å². The van der Waals surface area contributed by atoms with Gasteiger partial charge in [-0.05, 0) is 4.92 Å². The SMILES string of the molecule is CS(=O)(=O)OCCO[C@@H]1COc2nc([N+](=O)[O-])cn2C1. The van der Waals surface area contributed by atoms with Crippen molar-refractivity contribution in [3.05, 3.63) is 16.3 Å². The molecule has 0 radical (unpaired) electrons. The highest BCUT2D eigenvalue weighted by Gasteiger charge is 2.28. The standard InChI is InChI=1S/C9H13N3O7S/c1-20(15,16)19-3-2-17-7-4-11-5-8(12(13)14)10-9(11)18-6-7/h5,7H,2-4,6H2,1H3/t7-/m0/s1. The summed E-state index contributed by atoms with van der Waals surface area (Å²) in [5, 5.41) is 10.6. The minimum absolute atomic E-state index is 0.0766. The zero-order chi connectivity index (χ0) is 14.8. The Labute approximate surface area is 114 Å². The van der Waals surface area contributed by atoms with Gasteiger partial charge in [-0.15, -0.1) is 0 Å². The summed E-state index contributed by atoms with van der Waals surface area (Å²) in [5.41, 5.74) is 0. The normalized spacial score (nSPS) is 18.4. The number of imidazole rings is 1. The predicted molar refractivity (Wildman–Crippen MR) is 64.9 cm³/mol. The van der Waals surface area contributed by atoms with Gasteiger partial charge in [0.15, 0.2) is 0 Å². The number of rotatable bonds is 6. The van der Waals surface area contributed by atoms with E-state index in [1.165, 1.54) is 10.8 Å². The molecule has 112 valence electrons. The Hall–Kier alpha value is -1.72. The lowest BCUT2D eigenvalue weighted by atomic mass is 10.3. The van der Waals surface area contributed by atoms with Crippen molar-refractivity contribution < 1.29 is 27.0 Å². The van der Waals surface area contributed by atoms with Crippen LogP contribution in [-0.2, 0) is 25.6 Å². The molecule has 0 bridgehead atoms. The summed E-state index contributed by atoms with van der Waals surface area (Å²) in [6.45, 7) is 0.515. The minimum atomic E-state index is -3.48. The number of ether oxygens (including phenoxy) is 2. The minimum Gasteiger partial charge on any atom is -0.443 e. The van der Waals surface area contributed by atoms with Gasteiger partial charge in [-0.1, -0.05) is 0 Å². The molecule has 0 unspecified atom stereocenters. The number of aromatic nitrogens is 2. The van der Waals surface area contributed by atoms with Gasteiger partial charge in [0, 0.05) is 4.98 Å². The molecule has 20 heavy (non-hydrogen) atoms. The summed E-state index contributed by atoms with van der Waals surface area (Å²) in [6, 6.07) is 0.170. The van der Waals surface area contributed by atoms with Crippen LogP contribution in [-0.4, -0.2) is 55.1 Å². The Morgan fingerprint density at radius 2 is 2.35 bits per heavy atom. The third-order valence-electron chi connectivity index (χ3n) is 2.45. The van der Waals surface area contributed by atoms with Crippen LogP contribution in [0.4, 0.5) is 5.82 Å². The third-order valence-corrected chi connectivity index (χ3v) is 3.04. The zero-order valence-electron chi connectivity index (χ0n) is 10.6. The van der Waals surface area contributed by atoms with E-state index in [4.69, 9.17) is 9.47 Å². The topological polar surface area (TPSA) is 123 Å². The molecule has 0 spiro atoms. The van der Waals surface area contributed by atoms with E-state index in [1.54, 1.807) is 0 Å². The van der Waals surface area contributed by atoms with Crippen LogP contribution in [0.25, 0.3) is 0 Å². The molecule has 10 nitrogen and oxygen atoms in total. The first-order chi connectivity index (χ1) is 9.35. The lowest BCUT2D eigenvalue weighted by Crippen LogP contribution is -2.33. The summed E-state index contributed by atoms with van der Waals surface area (Å²) >= 11 is 0. The lowest BCUT2D eigenvalue weighted by Gasteiger charge is -2.22. The Morgan fingerprint density at radius 1 is 1.60 bits per heavy atom. The summed E-state index contributed by atoms with van der Waals surface area (Å²) in [6.07, 6.45) is 1.87. The number of hydrogen-bond acceptors (Lipinski definition) is 8. The fourth-order valence-corrected chi connectivity index (χ4v) is 2.03. The van der Waals surface area contributed by atoms with Crippen LogP contribution < -0.4 is 4.74 Å². The van der Waals surface area contributed by atoms with Gasteiger partial charge in [-0.3, -0.25) is 8.75 Å². The van der Waals surface area contributed by atoms with Crippen molar-refractivity contribution in [2.24, 2.45) is 0 Å². The van der Waals surface area contributed by atoms with Crippen LogP contribution in [0.2, 0.25) is 0 Å². The first-order valence-corrected chi connectivity index (χ1v) is 7.47. The van der Waals surface area contributed by atoms with E-state index < -0.39 is 15.0 Å². The Bertz CT molecular complexity index is 597. The zero-order valence-corrected chi connectivity index (χ0v) is 11.4. The molecule has 0 saturated heterocycles. The van der Waals surface area contributed by atoms with Crippen molar-refractivity contribution in [2.75, 3.05) is 26.1 Å². The Kier molecular flexibility index (Phi) is 4.20. The van der Waals surface area contributed by atoms with Crippen LogP contribution in [0.1, 0.15) is 0 Å². The molecule has 0 aliphatic carbocycles. The van der Waals surface area contributed by atoms with Gasteiger partial charge in [0.05, 0.1) is 26.0 Å². The number of hydrogen-bond donors (Lipinski definition) is 0. The molecular formula is C9H13N3O7S. The van der Waals surface area contributed by atoms with Gasteiger partial charge < -0.3 is 19.6 Å². The van der Waals surface area contributed by atoms with Crippen molar-refractivity contribution in [3.63, 3.8) is 0 Å². The second-order valence-electron chi connectivity index (χ2n) is 4.12. The Balaban J connectivity index is 1.83. The fraction of sp³-hybridized carbons (Fsp3) is 0.667. The second-order valence-corrected chi connectivity index (χ2v) is 5.77.